The fourth-order valence-corrected chi connectivity index (χ4v) is 2.26. The van der Waals surface area contributed by atoms with Crippen molar-refractivity contribution in [3.8, 4) is 0 Å². The minimum absolute atomic E-state index is 0.00929. The van der Waals surface area contributed by atoms with Crippen LogP contribution in [0, 0.1) is 5.92 Å². The Morgan fingerprint density at radius 2 is 1.68 bits per heavy atom. The largest absolute Gasteiger partial charge is 0.481 e. The van der Waals surface area contributed by atoms with Gasteiger partial charge in [-0.05, 0) is 40.0 Å². The second kappa shape index (κ2) is 9.56. The van der Waals surface area contributed by atoms with Gasteiger partial charge in [-0.15, -0.1) is 0 Å². The summed E-state index contributed by atoms with van der Waals surface area (Å²) in [6.07, 6.45) is -0.382. The van der Waals surface area contributed by atoms with Gasteiger partial charge in [0.2, 0.25) is 0 Å². The van der Waals surface area contributed by atoms with Gasteiger partial charge in [0, 0.05) is 0 Å². The molecule has 11 heteroatoms. The van der Waals surface area contributed by atoms with Gasteiger partial charge in [0.1, 0.15) is 11.6 Å². The van der Waals surface area contributed by atoms with Crippen molar-refractivity contribution in [2.75, 3.05) is 12.9 Å². The zero-order valence-electron chi connectivity index (χ0n) is 14.6. The van der Waals surface area contributed by atoms with Gasteiger partial charge < -0.3 is 20.3 Å². The lowest BCUT2D eigenvalue weighted by Crippen LogP contribution is -2.45. The molecule has 0 aromatic heterocycles. The van der Waals surface area contributed by atoms with Crippen molar-refractivity contribution in [3.05, 3.63) is 0 Å². The van der Waals surface area contributed by atoms with Crippen molar-refractivity contribution >= 4 is 28.1 Å². The lowest BCUT2D eigenvalue weighted by Gasteiger charge is -2.23. The average molecular weight is 383 g/mol. The molecule has 0 aromatic carbocycles. The van der Waals surface area contributed by atoms with Gasteiger partial charge in [0.15, 0.2) is 0 Å². The van der Waals surface area contributed by atoms with Crippen LogP contribution >= 0.6 is 0 Å². The summed E-state index contributed by atoms with van der Waals surface area (Å²) in [6.45, 7) is 4.60. The van der Waals surface area contributed by atoms with Crippen LogP contribution in [0.4, 0.5) is 4.79 Å². The highest BCUT2D eigenvalue weighted by molar-refractivity contribution is 7.85. The molecule has 3 N–H and O–H groups in total. The fraction of sp³-hybridized carbons (Fsp3) is 0.786. The molecule has 0 aromatic rings. The summed E-state index contributed by atoms with van der Waals surface area (Å²) < 4.78 is 31.1. The number of carboxylic acid groups (broad SMARTS) is 2. The van der Waals surface area contributed by atoms with Crippen molar-refractivity contribution < 1.29 is 41.9 Å². The Kier molecular flexibility index (Phi) is 8.84. The zero-order valence-corrected chi connectivity index (χ0v) is 15.5. The molecule has 0 bridgehead atoms. The fourth-order valence-electron chi connectivity index (χ4n) is 1.84. The maximum atomic E-state index is 11.7. The van der Waals surface area contributed by atoms with Gasteiger partial charge >= 0.3 is 18.0 Å². The van der Waals surface area contributed by atoms with E-state index in [1.165, 1.54) is 0 Å². The van der Waals surface area contributed by atoms with E-state index >= 15 is 0 Å². The van der Waals surface area contributed by atoms with Crippen molar-refractivity contribution in [3.63, 3.8) is 0 Å². The maximum absolute atomic E-state index is 11.7. The molecule has 0 fully saturated rings. The van der Waals surface area contributed by atoms with Crippen LogP contribution in [0.1, 0.15) is 40.0 Å². The molecule has 1 amide bonds. The maximum Gasteiger partial charge on any atom is 0.408 e. The molecule has 0 spiro atoms. The molecule has 0 radical (unpaired) electrons. The molecule has 25 heavy (non-hydrogen) atoms. The summed E-state index contributed by atoms with van der Waals surface area (Å²) in [6, 6.07) is -1.45. The van der Waals surface area contributed by atoms with Crippen molar-refractivity contribution in [2.24, 2.45) is 5.92 Å². The van der Waals surface area contributed by atoms with Crippen LogP contribution in [0.5, 0.6) is 0 Å². The topological polar surface area (TPSA) is 156 Å². The predicted molar refractivity (Wildman–Crippen MR) is 86.6 cm³/mol. The normalized spacial score (nSPS) is 14.4. The van der Waals surface area contributed by atoms with E-state index in [1.54, 1.807) is 20.8 Å². The second-order valence-electron chi connectivity index (χ2n) is 6.48. The molecule has 10 nitrogen and oxygen atoms in total. The summed E-state index contributed by atoms with van der Waals surface area (Å²) in [7, 11) is -3.63. The third kappa shape index (κ3) is 12.2. The number of nitrogens with one attached hydrogen (secondary N) is 1. The van der Waals surface area contributed by atoms with Crippen LogP contribution in [-0.4, -0.2) is 61.2 Å². The number of rotatable bonds is 10. The molecular weight excluding hydrogens is 358 g/mol. The number of alkyl carbamates (subject to hydrolysis) is 1. The molecule has 0 aliphatic rings. The number of hydrogen-bond acceptors (Lipinski definition) is 7. The molecule has 0 heterocycles. The molecular formula is C14H25NO9S. The van der Waals surface area contributed by atoms with Crippen LogP contribution < -0.4 is 5.32 Å². The number of carbonyl (C=O) groups is 3. The van der Waals surface area contributed by atoms with Crippen LogP contribution in [-0.2, 0) is 28.6 Å². The second-order valence-corrected chi connectivity index (χ2v) is 8.12. The number of aliphatic carboxylic acids is 2. The summed E-state index contributed by atoms with van der Waals surface area (Å²) >= 11 is 0. The number of carbonyl (C=O) groups excluding carboxylic acids is 1. The Morgan fingerprint density at radius 3 is 2.08 bits per heavy atom. The average Bonchev–Trinajstić information content (AvgIpc) is 2.36. The molecule has 146 valence electrons. The Morgan fingerprint density at radius 1 is 1.12 bits per heavy atom. The van der Waals surface area contributed by atoms with Gasteiger partial charge in [-0.2, -0.15) is 8.42 Å². The van der Waals surface area contributed by atoms with Crippen LogP contribution in [0.25, 0.3) is 0 Å². The van der Waals surface area contributed by atoms with Gasteiger partial charge in [-0.1, -0.05) is 0 Å². The molecule has 0 aliphatic heterocycles. The highest BCUT2D eigenvalue weighted by atomic mass is 32.2. The van der Waals surface area contributed by atoms with Crippen LogP contribution in [0.2, 0.25) is 0 Å². The first-order chi connectivity index (χ1) is 11.2. The van der Waals surface area contributed by atoms with Crippen molar-refractivity contribution in [2.45, 2.75) is 51.7 Å². The predicted octanol–water partition coefficient (Wildman–Crippen LogP) is 0.812. The molecule has 0 unspecified atom stereocenters. The summed E-state index contributed by atoms with van der Waals surface area (Å²) in [5.41, 5.74) is -0.831. The van der Waals surface area contributed by atoms with Crippen molar-refractivity contribution in [1.29, 1.82) is 0 Å². The SMILES string of the molecule is CC(C)(C)OC(=O)N[C@@H](C[C@@H](CCCOS(C)(=O)=O)C(=O)O)C(=O)O. The first-order valence-electron chi connectivity index (χ1n) is 7.51. The van der Waals surface area contributed by atoms with E-state index in [4.69, 9.17) is 9.84 Å². The first-order valence-corrected chi connectivity index (χ1v) is 9.32. The molecule has 0 saturated heterocycles. The van der Waals surface area contributed by atoms with Gasteiger partial charge in [0.25, 0.3) is 10.1 Å². The van der Waals surface area contributed by atoms with Gasteiger partial charge in [0.05, 0.1) is 18.8 Å². The third-order valence-electron chi connectivity index (χ3n) is 2.85. The summed E-state index contributed by atoms with van der Waals surface area (Å²) in [5, 5.41) is 20.5. The van der Waals surface area contributed by atoms with E-state index in [1.807, 2.05) is 0 Å². The molecule has 0 aliphatic carbocycles. The lowest BCUT2D eigenvalue weighted by atomic mass is 9.95. The Labute approximate surface area is 146 Å². The van der Waals surface area contributed by atoms with E-state index < -0.39 is 45.7 Å². The zero-order chi connectivity index (χ0) is 19.8. The smallest absolute Gasteiger partial charge is 0.408 e. The van der Waals surface area contributed by atoms with Crippen LogP contribution in [0.3, 0.4) is 0 Å². The summed E-state index contributed by atoms with van der Waals surface area (Å²) in [5.74, 6) is -3.75. The quantitative estimate of drug-likeness (QED) is 0.367. The van der Waals surface area contributed by atoms with Crippen molar-refractivity contribution in [1.82, 2.24) is 5.32 Å². The highest BCUT2D eigenvalue weighted by Gasteiger charge is 2.29. The molecule has 2 atom stereocenters. The van der Waals surface area contributed by atoms with E-state index in [9.17, 15) is 27.9 Å². The van der Waals surface area contributed by atoms with E-state index in [2.05, 4.69) is 9.50 Å². The highest BCUT2D eigenvalue weighted by Crippen LogP contribution is 2.16. The Hall–Kier alpha value is -1.88. The van der Waals surface area contributed by atoms with Gasteiger partial charge in [-0.3, -0.25) is 8.98 Å². The standard InChI is InChI=1S/C14H25NO9S/c1-14(2,3)24-13(20)15-10(12(18)19)8-9(11(16)17)6-5-7-23-25(4,21)22/h9-10H,5-8H2,1-4H3,(H,15,20)(H,16,17)(H,18,19)/t9-,10+/m1/s1. The number of ether oxygens (including phenoxy) is 1. The summed E-state index contributed by atoms with van der Waals surface area (Å²) in [4.78, 5) is 34.2. The first kappa shape index (κ1) is 23.1. The minimum Gasteiger partial charge on any atom is -0.481 e. The number of carboxylic acids is 2. The third-order valence-corrected chi connectivity index (χ3v) is 3.45. The molecule has 0 saturated carbocycles. The van der Waals surface area contributed by atoms with Gasteiger partial charge in [-0.25, -0.2) is 9.59 Å². The minimum atomic E-state index is -3.63. The number of hydrogen-bond donors (Lipinski definition) is 3. The Bertz CT molecular complexity index is 580. The lowest BCUT2D eigenvalue weighted by molar-refractivity contribution is -0.144. The van der Waals surface area contributed by atoms with E-state index in [-0.39, 0.29) is 25.9 Å². The van der Waals surface area contributed by atoms with E-state index in [0.717, 1.165) is 6.26 Å². The van der Waals surface area contributed by atoms with E-state index in [0.29, 0.717) is 0 Å². The Balaban J connectivity index is 4.72. The van der Waals surface area contributed by atoms with Crippen LogP contribution in [0.15, 0.2) is 0 Å². The monoisotopic (exact) mass is 383 g/mol. The molecule has 0 rings (SSSR count). The number of amides is 1.